The highest BCUT2D eigenvalue weighted by Crippen LogP contribution is 2.36. The third kappa shape index (κ3) is 2.31. The molecule has 100 valence electrons. The van der Waals surface area contributed by atoms with Crippen molar-refractivity contribution in [2.75, 3.05) is 13.1 Å². The Bertz CT molecular complexity index is 488. The lowest BCUT2D eigenvalue weighted by molar-refractivity contribution is 0.305. The summed E-state index contributed by atoms with van der Waals surface area (Å²) in [6.07, 6.45) is 1.86. The first-order valence-electron chi connectivity index (χ1n) is 6.46. The van der Waals surface area contributed by atoms with Gasteiger partial charge in [0, 0.05) is 0 Å². The summed E-state index contributed by atoms with van der Waals surface area (Å²) in [4.78, 5) is 0.438. The van der Waals surface area contributed by atoms with Crippen LogP contribution in [0.1, 0.15) is 26.7 Å². The van der Waals surface area contributed by atoms with Crippen LogP contribution in [0, 0.1) is 5.92 Å². The fraction of sp³-hybridized carbons (Fsp3) is 0.571. The Balaban J connectivity index is 2.33. The molecule has 3 nitrogen and oxygen atoms in total. The molecule has 1 saturated heterocycles. The molecule has 1 aliphatic heterocycles. The van der Waals surface area contributed by atoms with E-state index in [4.69, 9.17) is 0 Å². The van der Waals surface area contributed by atoms with Crippen LogP contribution in [0.2, 0.25) is 0 Å². The molecular formula is C14H21NO2S. The fourth-order valence-corrected chi connectivity index (χ4v) is 4.44. The van der Waals surface area contributed by atoms with Crippen LogP contribution in [0.25, 0.3) is 0 Å². The maximum atomic E-state index is 12.7. The van der Waals surface area contributed by atoms with Gasteiger partial charge in [-0.1, -0.05) is 18.2 Å². The van der Waals surface area contributed by atoms with Gasteiger partial charge >= 0.3 is 0 Å². The Kier molecular flexibility index (Phi) is 3.78. The minimum atomic E-state index is -3.27. The number of rotatable bonds is 3. The molecule has 4 heteroatoms. The molecule has 0 aliphatic carbocycles. The molecule has 0 bridgehead atoms. The Morgan fingerprint density at radius 2 is 1.67 bits per heavy atom. The van der Waals surface area contributed by atoms with E-state index in [0.717, 1.165) is 25.9 Å². The van der Waals surface area contributed by atoms with Gasteiger partial charge in [-0.05, 0) is 57.8 Å². The summed E-state index contributed by atoms with van der Waals surface area (Å²) in [5.41, 5.74) is 0. The number of nitrogens with one attached hydrogen (secondary N) is 1. The van der Waals surface area contributed by atoms with Gasteiger partial charge in [0.2, 0.25) is 0 Å². The van der Waals surface area contributed by atoms with Crippen molar-refractivity contribution in [3.8, 4) is 0 Å². The lowest BCUT2D eigenvalue weighted by atomic mass is 9.86. The maximum absolute atomic E-state index is 12.7. The lowest BCUT2D eigenvalue weighted by Gasteiger charge is -2.36. The topological polar surface area (TPSA) is 46.2 Å². The predicted octanol–water partition coefficient (Wildman–Crippen LogP) is 2.24. The van der Waals surface area contributed by atoms with Crippen LogP contribution in [0.15, 0.2) is 35.2 Å². The highest BCUT2D eigenvalue weighted by atomic mass is 32.2. The van der Waals surface area contributed by atoms with E-state index in [2.05, 4.69) is 5.32 Å². The molecule has 1 heterocycles. The van der Waals surface area contributed by atoms with E-state index in [1.54, 1.807) is 24.3 Å². The monoisotopic (exact) mass is 267 g/mol. The van der Waals surface area contributed by atoms with Crippen molar-refractivity contribution < 1.29 is 8.42 Å². The van der Waals surface area contributed by atoms with Gasteiger partial charge in [-0.15, -0.1) is 0 Å². The Labute approximate surface area is 110 Å². The first-order chi connectivity index (χ1) is 8.46. The van der Waals surface area contributed by atoms with Crippen LogP contribution >= 0.6 is 0 Å². The summed E-state index contributed by atoms with van der Waals surface area (Å²) >= 11 is 0. The van der Waals surface area contributed by atoms with E-state index in [-0.39, 0.29) is 5.92 Å². The number of piperidine rings is 1. The van der Waals surface area contributed by atoms with Crippen molar-refractivity contribution in [2.24, 2.45) is 5.92 Å². The van der Waals surface area contributed by atoms with Crippen molar-refractivity contribution in [3.05, 3.63) is 30.3 Å². The van der Waals surface area contributed by atoms with Gasteiger partial charge in [0.25, 0.3) is 0 Å². The van der Waals surface area contributed by atoms with E-state index in [0.29, 0.717) is 4.90 Å². The molecule has 1 aromatic rings. The van der Waals surface area contributed by atoms with Crippen LogP contribution in [-0.4, -0.2) is 26.3 Å². The van der Waals surface area contributed by atoms with Crippen LogP contribution in [-0.2, 0) is 9.84 Å². The van der Waals surface area contributed by atoms with Gasteiger partial charge in [-0.3, -0.25) is 0 Å². The number of sulfone groups is 1. The van der Waals surface area contributed by atoms with E-state index >= 15 is 0 Å². The molecule has 0 atom stereocenters. The minimum Gasteiger partial charge on any atom is -0.317 e. The molecule has 1 N–H and O–H groups in total. The van der Waals surface area contributed by atoms with Crippen LogP contribution in [0.3, 0.4) is 0 Å². The van der Waals surface area contributed by atoms with Gasteiger partial charge in [-0.2, -0.15) is 0 Å². The first-order valence-corrected chi connectivity index (χ1v) is 7.95. The highest BCUT2D eigenvalue weighted by Gasteiger charge is 2.42. The summed E-state index contributed by atoms with van der Waals surface area (Å²) in [6, 6.07) is 8.80. The van der Waals surface area contributed by atoms with Gasteiger partial charge in [-0.25, -0.2) is 8.42 Å². The number of hydrogen-bond donors (Lipinski definition) is 1. The molecule has 1 aliphatic rings. The summed E-state index contributed by atoms with van der Waals surface area (Å²) in [5, 5.41) is 3.28. The minimum absolute atomic E-state index is 0.226. The Morgan fingerprint density at radius 1 is 1.11 bits per heavy atom. The van der Waals surface area contributed by atoms with Crippen molar-refractivity contribution >= 4 is 9.84 Å². The first kappa shape index (κ1) is 13.6. The zero-order chi connectivity index (χ0) is 13.2. The summed E-state index contributed by atoms with van der Waals surface area (Å²) in [6.45, 7) is 5.56. The molecule has 18 heavy (non-hydrogen) atoms. The van der Waals surface area contributed by atoms with Crippen molar-refractivity contribution in [3.63, 3.8) is 0 Å². The normalized spacial score (nSPS) is 18.8. The molecule has 2 rings (SSSR count). The van der Waals surface area contributed by atoms with Crippen LogP contribution < -0.4 is 5.32 Å². The summed E-state index contributed by atoms with van der Waals surface area (Å²) in [5.74, 6) is 0.226. The second kappa shape index (κ2) is 5.02. The Morgan fingerprint density at radius 3 is 2.22 bits per heavy atom. The number of benzene rings is 1. The molecule has 0 saturated carbocycles. The fourth-order valence-electron chi connectivity index (χ4n) is 2.64. The molecule has 0 unspecified atom stereocenters. The van der Waals surface area contributed by atoms with E-state index in [9.17, 15) is 8.42 Å². The zero-order valence-electron chi connectivity index (χ0n) is 11.0. The molecule has 0 aromatic heterocycles. The van der Waals surface area contributed by atoms with Crippen molar-refractivity contribution in [1.29, 1.82) is 0 Å². The van der Waals surface area contributed by atoms with Crippen molar-refractivity contribution in [1.82, 2.24) is 5.32 Å². The zero-order valence-corrected chi connectivity index (χ0v) is 11.8. The highest BCUT2D eigenvalue weighted by molar-refractivity contribution is 7.92. The number of hydrogen-bond acceptors (Lipinski definition) is 3. The summed E-state index contributed by atoms with van der Waals surface area (Å²) in [7, 11) is -3.27. The van der Waals surface area contributed by atoms with E-state index < -0.39 is 14.6 Å². The van der Waals surface area contributed by atoms with Gasteiger partial charge in [0.1, 0.15) is 0 Å². The molecule has 1 fully saturated rings. The maximum Gasteiger partial charge on any atom is 0.183 e. The van der Waals surface area contributed by atoms with Crippen molar-refractivity contribution in [2.45, 2.75) is 36.3 Å². The average Bonchev–Trinajstić information content (AvgIpc) is 2.40. The van der Waals surface area contributed by atoms with Gasteiger partial charge in [0.15, 0.2) is 9.84 Å². The SMILES string of the molecule is CC(C)(C1CCNCC1)S(=O)(=O)c1ccccc1. The summed E-state index contributed by atoms with van der Waals surface area (Å²) < 4.78 is 24.8. The predicted molar refractivity (Wildman–Crippen MR) is 73.3 cm³/mol. The molecule has 1 aromatic carbocycles. The Hall–Kier alpha value is -0.870. The molecule has 0 radical (unpaired) electrons. The molecule has 0 spiro atoms. The largest absolute Gasteiger partial charge is 0.317 e. The average molecular weight is 267 g/mol. The smallest absolute Gasteiger partial charge is 0.183 e. The van der Waals surface area contributed by atoms with Gasteiger partial charge < -0.3 is 5.32 Å². The third-order valence-electron chi connectivity index (χ3n) is 4.07. The molecule has 0 amide bonds. The second-order valence-electron chi connectivity index (χ2n) is 5.44. The second-order valence-corrected chi connectivity index (χ2v) is 7.97. The third-order valence-corrected chi connectivity index (χ3v) is 6.68. The van der Waals surface area contributed by atoms with Gasteiger partial charge in [0.05, 0.1) is 9.64 Å². The lowest BCUT2D eigenvalue weighted by Crippen LogP contribution is -2.45. The van der Waals surface area contributed by atoms with Crippen LogP contribution in [0.5, 0.6) is 0 Å². The molecular weight excluding hydrogens is 246 g/mol. The van der Waals surface area contributed by atoms with Crippen LogP contribution in [0.4, 0.5) is 0 Å². The van der Waals surface area contributed by atoms with E-state index in [1.165, 1.54) is 0 Å². The quantitative estimate of drug-likeness (QED) is 0.913. The standard InChI is InChI=1S/C14H21NO2S/c1-14(2,12-8-10-15-11-9-12)18(16,17)13-6-4-3-5-7-13/h3-7,12,15H,8-11H2,1-2H3. The van der Waals surface area contributed by atoms with E-state index in [1.807, 2.05) is 19.9 Å².